The molecule has 64 valence electrons. The maximum Gasteiger partial charge on any atom is 1.00 e. The summed E-state index contributed by atoms with van der Waals surface area (Å²) in [5, 5.41) is 0. The van der Waals surface area contributed by atoms with Crippen LogP contribution < -0.4 is 59.1 Å². The van der Waals surface area contributed by atoms with E-state index < -0.39 is 20.8 Å². The maximum atomic E-state index is 8.63. The SMILES string of the molecule is O=S(=O)([O-])O.O=S(=O)([O-])O.[Na+].[Na+]. The zero-order chi connectivity index (χ0) is 9.00. The molecule has 0 saturated carbocycles. The zero-order valence-electron chi connectivity index (χ0n) is 6.16. The van der Waals surface area contributed by atoms with Crippen LogP contribution in [0.25, 0.3) is 0 Å². The van der Waals surface area contributed by atoms with E-state index in [1.54, 1.807) is 0 Å². The van der Waals surface area contributed by atoms with Gasteiger partial charge in [-0.05, 0) is 0 Å². The van der Waals surface area contributed by atoms with Crippen LogP contribution in [0.4, 0.5) is 0 Å². The van der Waals surface area contributed by atoms with Crippen molar-refractivity contribution in [2.24, 2.45) is 0 Å². The van der Waals surface area contributed by atoms with E-state index in [0.29, 0.717) is 0 Å². The molecule has 0 aromatic carbocycles. The maximum absolute atomic E-state index is 8.63. The average molecular weight is 240 g/mol. The van der Waals surface area contributed by atoms with E-state index in [0.717, 1.165) is 0 Å². The van der Waals surface area contributed by atoms with Crippen LogP contribution in [0.15, 0.2) is 0 Å². The average Bonchev–Trinajstić information content (AvgIpc) is 1.12. The topological polar surface area (TPSA) is 155 Å². The van der Waals surface area contributed by atoms with Crippen molar-refractivity contribution in [1.29, 1.82) is 0 Å². The van der Waals surface area contributed by atoms with E-state index >= 15 is 0 Å². The van der Waals surface area contributed by atoms with E-state index in [-0.39, 0.29) is 59.1 Å². The Kier molecular flexibility index (Phi) is 18.2. The van der Waals surface area contributed by atoms with Gasteiger partial charge >= 0.3 is 59.1 Å². The van der Waals surface area contributed by atoms with Crippen molar-refractivity contribution < 1.29 is 94.2 Å². The minimum absolute atomic E-state index is 0. The molecule has 0 aliphatic heterocycles. The van der Waals surface area contributed by atoms with Crippen LogP contribution in [0.2, 0.25) is 0 Å². The Morgan fingerprint density at radius 3 is 0.750 bits per heavy atom. The second kappa shape index (κ2) is 9.30. The third-order valence-corrected chi connectivity index (χ3v) is 0. The van der Waals surface area contributed by atoms with Gasteiger partial charge < -0.3 is 9.11 Å². The van der Waals surface area contributed by atoms with Crippen molar-refractivity contribution in [3.8, 4) is 0 Å². The van der Waals surface area contributed by atoms with Gasteiger partial charge in [0.25, 0.3) is 0 Å². The van der Waals surface area contributed by atoms with Gasteiger partial charge in [-0.25, -0.2) is 16.8 Å². The summed E-state index contributed by atoms with van der Waals surface area (Å²) in [5.41, 5.74) is 0. The van der Waals surface area contributed by atoms with Crippen LogP contribution in [-0.2, 0) is 20.8 Å². The summed E-state index contributed by atoms with van der Waals surface area (Å²) in [6.07, 6.45) is 0. The van der Waals surface area contributed by atoms with Gasteiger partial charge in [0.2, 0.25) is 20.8 Å². The number of hydrogen-bond acceptors (Lipinski definition) is 6. The van der Waals surface area contributed by atoms with Gasteiger partial charge in [0.1, 0.15) is 0 Å². The smallest absolute Gasteiger partial charge is 0.726 e. The largest absolute Gasteiger partial charge is 1.00 e. The summed E-state index contributed by atoms with van der Waals surface area (Å²) in [4.78, 5) is 0. The Hall–Kier alpha value is 1.74. The molecular formula is H2Na2O8S2. The second-order valence-electron chi connectivity index (χ2n) is 0.855. The molecule has 8 nitrogen and oxygen atoms in total. The quantitative estimate of drug-likeness (QED) is 0.240. The molecule has 0 fully saturated rings. The Morgan fingerprint density at radius 2 is 0.750 bits per heavy atom. The van der Waals surface area contributed by atoms with Crippen molar-refractivity contribution in [1.82, 2.24) is 0 Å². The molecule has 0 aromatic rings. The molecule has 0 spiro atoms. The van der Waals surface area contributed by atoms with Crippen LogP contribution in [-0.4, -0.2) is 35.0 Å². The van der Waals surface area contributed by atoms with E-state index in [2.05, 4.69) is 0 Å². The predicted molar refractivity (Wildman–Crippen MR) is 24.7 cm³/mol. The summed E-state index contributed by atoms with van der Waals surface area (Å²) in [6.45, 7) is 0. The number of rotatable bonds is 0. The molecule has 0 saturated heterocycles. The molecule has 0 atom stereocenters. The fraction of sp³-hybridized carbons (Fsp3) is 0. The second-order valence-corrected chi connectivity index (χ2v) is 2.57. The number of hydrogen-bond donors (Lipinski definition) is 2. The van der Waals surface area contributed by atoms with Crippen molar-refractivity contribution in [3.63, 3.8) is 0 Å². The molecule has 0 heterocycles. The Balaban J connectivity index is -0.0000000457. The van der Waals surface area contributed by atoms with Crippen molar-refractivity contribution in [2.45, 2.75) is 0 Å². The molecule has 12 heteroatoms. The minimum Gasteiger partial charge on any atom is -0.726 e. The van der Waals surface area contributed by atoms with Gasteiger partial charge in [-0.2, -0.15) is 0 Å². The first-order valence-corrected chi connectivity index (χ1v) is 4.10. The molecule has 0 bridgehead atoms. The van der Waals surface area contributed by atoms with Gasteiger partial charge in [0, 0.05) is 0 Å². The van der Waals surface area contributed by atoms with Crippen LogP contribution in [0.3, 0.4) is 0 Å². The summed E-state index contributed by atoms with van der Waals surface area (Å²) < 4.78 is 65.7. The van der Waals surface area contributed by atoms with Gasteiger partial charge in [-0.1, -0.05) is 0 Å². The van der Waals surface area contributed by atoms with Crippen molar-refractivity contribution >= 4 is 20.8 Å². The van der Waals surface area contributed by atoms with E-state index in [9.17, 15) is 0 Å². The molecule has 0 aliphatic rings. The Bertz CT molecular complexity index is 211. The summed E-state index contributed by atoms with van der Waals surface area (Å²) in [7, 11) is -9.83. The molecule has 0 radical (unpaired) electrons. The first-order chi connectivity index (χ1) is 4.00. The van der Waals surface area contributed by atoms with Crippen LogP contribution in [0, 0.1) is 0 Å². The van der Waals surface area contributed by atoms with Gasteiger partial charge in [-0.15, -0.1) is 0 Å². The van der Waals surface area contributed by atoms with Gasteiger partial charge in [0.05, 0.1) is 0 Å². The predicted octanol–water partition coefficient (Wildman–Crippen LogP) is -7.98. The first kappa shape index (κ1) is 23.5. The Morgan fingerprint density at radius 1 is 0.750 bits per heavy atom. The molecule has 0 aromatic heterocycles. The normalized spacial score (nSPS) is 9.67. The summed E-state index contributed by atoms with van der Waals surface area (Å²) in [5.74, 6) is 0. The van der Waals surface area contributed by atoms with Gasteiger partial charge in [-0.3, -0.25) is 9.11 Å². The third-order valence-electron chi connectivity index (χ3n) is 0. The molecular weight excluding hydrogens is 238 g/mol. The third kappa shape index (κ3) is 447. The fourth-order valence-electron chi connectivity index (χ4n) is 0. The molecule has 0 amide bonds. The first-order valence-electron chi connectivity index (χ1n) is 1.37. The van der Waals surface area contributed by atoms with Crippen molar-refractivity contribution in [2.75, 3.05) is 0 Å². The minimum atomic E-state index is -4.92. The zero-order valence-corrected chi connectivity index (χ0v) is 11.8. The Labute approximate surface area is 113 Å². The van der Waals surface area contributed by atoms with Gasteiger partial charge in [0.15, 0.2) is 0 Å². The van der Waals surface area contributed by atoms with E-state index in [4.69, 9.17) is 35.0 Å². The summed E-state index contributed by atoms with van der Waals surface area (Å²) >= 11 is 0. The fourth-order valence-corrected chi connectivity index (χ4v) is 0. The standard InChI is InChI=1S/2Na.2H2O4S/c;;2*1-5(2,3)4/h;;2*(H2,1,2,3,4)/q2*+1;;/p-2. The molecule has 0 unspecified atom stereocenters. The molecule has 2 N–H and O–H groups in total. The van der Waals surface area contributed by atoms with Crippen LogP contribution in [0.5, 0.6) is 0 Å². The molecule has 0 aliphatic carbocycles. The van der Waals surface area contributed by atoms with Crippen molar-refractivity contribution in [3.05, 3.63) is 0 Å². The van der Waals surface area contributed by atoms with Crippen LogP contribution >= 0.6 is 0 Å². The monoisotopic (exact) mass is 240 g/mol. The van der Waals surface area contributed by atoms with E-state index in [1.807, 2.05) is 0 Å². The molecule has 0 rings (SSSR count). The summed E-state index contributed by atoms with van der Waals surface area (Å²) in [6, 6.07) is 0. The van der Waals surface area contributed by atoms with E-state index in [1.165, 1.54) is 0 Å². The molecule has 12 heavy (non-hydrogen) atoms. The van der Waals surface area contributed by atoms with Crippen LogP contribution in [0.1, 0.15) is 0 Å².